The fourth-order valence-electron chi connectivity index (χ4n) is 2.66. The van der Waals surface area contributed by atoms with Crippen molar-refractivity contribution in [3.8, 4) is 0 Å². The molecule has 0 saturated carbocycles. The molecule has 0 aromatic heterocycles. The van der Waals surface area contributed by atoms with Crippen LogP contribution in [-0.4, -0.2) is 17.2 Å². The molecule has 2 atom stereocenters. The van der Waals surface area contributed by atoms with Crippen molar-refractivity contribution in [2.75, 3.05) is 0 Å². The van der Waals surface area contributed by atoms with E-state index in [4.69, 9.17) is 0 Å². The van der Waals surface area contributed by atoms with Crippen molar-refractivity contribution in [3.63, 3.8) is 0 Å². The molecule has 0 radical (unpaired) electrons. The van der Waals surface area contributed by atoms with Crippen LogP contribution in [-0.2, 0) is 4.79 Å². The average Bonchev–Trinajstić information content (AvgIpc) is 2.45. The Balaban J connectivity index is 2.28. The predicted octanol–water partition coefficient (Wildman–Crippen LogP) is 3.62. The van der Waals surface area contributed by atoms with E-state index in [-0.39, 0.29) is 17.9 Å². The monoisotopic (exact) mass is 259 g/mol. The smallest absolute Gasteiger partial charge is 0.144 e. The van der Waals surface area contributed by atoms with Crippen LogP contribution in [0.25, 0.3) is 0 Å². The molecule has 0 unspecified atom stereocenters. The van der Waals surface area contributed by atoms with Crippen LogP contribution in [0.4, 0.5) is 4.39 Å². The normalized spacial score (nSPS) is 23.5. The topological polar surface area (TPSA) is 20.3 Å². The van der Waals surface area contributed by atoms with Crippen LogP contribution in [0.1, 0.15) is 30.9 Å². The van der Waals surface area contributed by atoms with E-state index in [1.807, 2.05) is 24.4 Å². The number of hydrogen-bond donors (Lipinski definition) is 0. The van der Waals surface area contributed by atoms with Crippen LogP contribution in [0.2, 0.25) is 0 Å². The molecule has 1 aliphatic rings. The summed E-state index contributed by atoms with van der Waals surface area (Å²) in [6.45, 7) is 3.86. The summed E-state index contributed by atoms with van der Waals surface area (Å²) in [6, 6.07) is 6.98. The maximum Gasteiger partial charge on any atom is 0.144 e. The first-order valence-corrected chi connectivity index (χ1v) is 6.53. The summed E-state index contributed by atoms with van der Waals surface area (Å²) in [4.78, 5) is 12.7. The van der Waals surface area contributed by atoms with Gasteiger partial charge in [-0.05, 0) is 43.0 Å². The lowest BCUT2D eigenvalue weighted by atomic mass is 9.91. The molecule has 19 heavy (non-hydrogen) atoms. The lowest BCUT2D eigenvalue weighted by molar-refractivity contribution is -0.104. The molecular formula is C16H18FNO. The van der Waals surface area contributed by atoms with Crippen molar-refractivity contribution in [1.82, 2.24) is 4.90 Å². The van der Waals surface area contributed by atoms with E-state index < -0.39 is 0 Å². The molecule has 2 rings (SSSR count). The molecule has 1 heterocycles. The van der Waals surface area contributed by atoms with E-state index in [0.717, 1.165) is 31.1 Å². The first-order valence-electron chi connectivity index (χ1n) is 6.53. The highest BCUT2D eigenvalue weighted by Crippen LogP contribution is 2.35. The number of benzene rings is 1. The molecule has 3 heteroatoms. The van der Waals surface area contributed by atoms with Crippen molar-refractivity contribution in [3.05, 3.63) is 60.6 Å². The zero-order chi connectivity index (χ0) is 13.7. The summed E-state index contributed by atoms with van der Waals surface area (Å²) in [6.07, 6.45) is 9.12. The van der Waals surface area contributed by atoms with Crippen LogP contribution in [0.5, 0.6) is 0 Å². The third kappa shape index (κ3) is 3.11. The molecule has 0 aliphatic carbocycles. The molecule has 1 aromatic carbocycles. The van der Waals surface area contributed by atoms with Crippen LogP contribution in [0.15, 0.2) is 49.2 Å². The van der Waals surface area contributed by atoms with Crippen molar-refractivity contribution in [2.45, 2.75) is 31.3 Å². The van der Waals surface area contributed by atoms with Gasteiger partial charge in [-0.25, -0.2) is 4.39 Å². The molecule has 0 spiro atoms. The van der Waals surface area contributed by atoms with Gasteiger partial charge in [0.05, 0.1) is 6.04 Å². The zero-order valence-corrected chi connectivity index (χ0v) is 10.8. The van der Waals surface area contributed by atoms with E-state index in [1.165, 1.54) is 18.2 Å². The minimum absolute atomic E-state index is 0.175. The summed E-state index contributed by atoms with van der Waals surface area (Å²) in [5.74, 6) is -0.227. The molecule has 1 aromatic rings. The van der Waals surface area contributed by atoms with Gasteiger partial charge >= 0.3 is 0 Å². The lowest BCUT2D eigenvalue weighted by Crippen LogP contribution is -2.36. The summed E-state index contributed by atoms with van der Waals surface area (Å²) in [7, 11) is 0. The van der Waals surface area contributed by atoms with Gasteiger partial charge in [0.15, 0.2) is 0 Å². The highest BCUT2D eigenvalue weighted by Gasteiger charge is 2.27. The molecule has 2 nitrogen and oxygen atoms in total. The van der Waals surface area contributed by atoms with Crippen LogP contribution in [0.3, 0.4) is 0 Å². The second-order valence-corrected chi connectivity index (χ2v) is 4.73. The van der Waals surface area contributed by atoms with Gasteiger partial charge in [-0.3, -0.25) is 4.79 Å². The number of halogens is 1. The third-order valence-electron chi connectivity index (χ3n) is 3.58. The average molecular weight is 259 g/mol. The maximum atomic E-state index is 13.0. The van der Waals surface area contributed by atoms with Crippen LogP contribution >= 0.6 is 0 Å². The Morgan fingerprint density at radius 1 is 1.26 bits per heavy atom. The molecule has 0 bridgehead atoms. The summed E-state index contributed by atoms with van der Waals surface area (Å²) >= 11 is 0. The van der Waals surface area contributed by atoms with Gasteiger partial charge < -0.3 is 4.90 Å². The Morgan fingerprint density at radius 3 is 2.63 bits per heavy atom. The van der Waals surface area contributed by atoms with Crippen molar-refractivity contribution in [2.24, 2.45) is 0 Å². The number of carbonyl (C=O) groups excluding carboxylic acids is 1. The Morgan fingerprint density at radius 2 is 2.00 bits per heavy atom. The van der Waals surface area contributed by atoms with Gasteiger partial charge in [-0.2, -0.15) is 0 Å². The van der Waals surface area contributed by atoms with E-state index in [1.54, 1.807) is 0 Å². The number of allylic oxidation sites excluding steroid dienone is 1. The first kappa shape index (κ1) is 13.5. The maximum absolute atomic E-state index is 13.0. The second-order valence-electron chi connectivity index (χ2n) is 4.73. The summed E-state index contributed by atoms with van der Waals surface area (Å²) in [5, 5.41) is 0. The summed E-state index contributed by atoms with van der Waals surface area (Å²) < 4.78 is 13.0. The number of carbonyl (C=O) groups is 1. The number of hydrogen-bond acceptors (Lipinski definition) is 2. The summed E-state index contributed by atoms with van der Waals surface area (Å²) in [5.41, 5.74) is 1.07. The second kappa shape index (κ2) is 6.32. The lowest BCUT2D eigenvalue weighted by Gasteiger charge is -2.40. The molecule has 0 N–H and O–H groups in total. The van der Waals surface area contributed by atoms with E-state index in [9.17, 15) is 9.18 Å². The highest BCUT2D eigenvalue weighted by atomic mass is 19.1. The van der Waals surface area contributed by atoms with E-state index in [2.05, 4.69) is 11.5 Å². The molecule has 1 aliphatic heterocycles. The molecule has 1 saturated heterocycles. The Bertz CT molecular complexity index is 466. The van der Waals surface area contributed by atoms with E-state index in [0.29, 0.717) is 0 Å². The third-order valence-corrected chi connectivity index (χ3v) is 3.58. The molecule has 1 fully saturated rings. The Kier molecular flexibility index (Phi) is 4.50. The highest BCUT2D eigenvalue weighted by molar-refractivity contribution is 5.64. The number of rotatable bonds is 4. The van der Waals surface area contributed by atoms with Crippen molar-refractivity contribution >= 4 is 6.29 Å². The van der Waals surface area contributed by atoms with Gasteiger partial charge in [0.1, 0.15) is 12.1 Å². The van der Waals surface area contributed by atoms with Gasteiger partial charge in [0.25, 0.3) is 0 Å². The number of aldehydes is 1. The van der Waals surface area contributed by atoms with Gasteiger partial charge in [0.2, 0.25) is 0 Å². The molecule has 0 amide bonds. The molecule has 100 valence electrons. The van der Waals surface area contributed by atoms with Crippen LogP contribution in [0, 0.1) is 5.82 Å². The fraction of sp³-hybridized carbons (Fsp3) is 0.312. The minimum Gasteiger partial charge on any atom is -0.364 e. The predicted molar refractivity (Wildman–Crippen MR) is 74.0 cm³/mol. The van der Waals surface area contributed by atoms with Gasteiger partial charge in [0, 0.05) is 12.2 Å². The number of piperidine rings is 1. The quantitative estimate of drug-likeness (QED) is 0.467. The van der Waals surface area contributed by atoms with Gasteiger partial charge in [-0.1, -0.05) is 18.2 Å². The number of nitrogens with zero attached hydrogens (tertiary/aromatic N) is 1. The fourth-order valence-corrected chi connectivity index (χ4v) is 2.66. The Labute approximate surface area is 113 Å². The van der Waals surface area contributed by atoms with Crippen LogP contribution < -0.4 is 0 Å². The number of likely N-dealkylation sites (tertiary alicyclic amines) is 1. The van der Waals surface area contributed by atoms with E-state index >= 15 is 0 Å². The van der Waals surface area contributed by atoms with Crippen molar-refractivity contribution < 1.29 is 9.18 Å². The zero-order valence-electron chi connectivity index (χ0n) is 10.8. The Hall–Kier alpha value is -1.90. The standard InChI is InChI=1S/C16H18FNO/c1-2-15-5-3-6-16(18(15)11-4-12-19)13-7-9-14(17)10-8-13/h2,4,7-12,15-16H,1,3,5-6H2/t15-,16-/m1/s1. The first-order chi connectivity index (χ1) is 9.26. The SMILES string of the molecule is C=C[C@@H]1CCC[C@H](c2ccc(F)cc2)N1C=CC=O. The molecular weight excluding hydrogens is 241 g/mol. The van der Waals surface area contributed by atoms with Gasteiger partial charge in [-0.15, -0.1) is 6.58 Å². The minimum atomic E-state index is -0.227. The van der Waals surface area contributed by atoms with Crippen molar-refractivity contribution in [1.29, 1.82) is 0 Å². The largest absolute Gasteiger partial charge is 0.364 e.